The van der Waals surface area contributed by atoms with Crippen molar-refractivity contribution < 1.29 is 5.11 Å². The summed E-state index contributed by atoms with van der Waals surface area (Å²) in [6, 6.07) is 13.8. The second-order valence-corrected chi connectivity index (χ2v) is 4.03. The molecule has 0 saturated heterocycles. The third kappa shape index (κ3) is 2.68. The number of para-hydroxylation sites is 1. The van der Waals surface area contributed by atoms with Gasteiger partial charge in [0.1, 0.15) is 11.8 Å². The van der Waals surface area contributed by atoms with Crippen molar-refractivity contribution in [3.63, 3.8) is 0 Å². The largest absolute Gasteiger partial charge is 0.507 e. The maximum absolute atomic E-state index is 9.58. The summed E-state index contributed by atoms with van der Waals surface area (Å²) in [5, 5.41) is 19.0. The third-order valence-corrected chi connectivity index (χ3v) is 2.59. The van der Waals surface area contributed by atoms with Gasteiger partial charge in [-0.3, -0.25) is 4.99 Å². The van der Waals surface area contributed by atoms with Crippen LogP contribution in [-0.4, -0.2) is 11.3 Å². The van der Waals surface area contributed by atoms with Crippen LogP contribution in [0, 0.1) is 11.3 Å². The molecule has 2 rings (SSSR count). The first kappa shape index (κ1) is 12.2. The zero-order valence-electron chi connectivity index (χ0n) is 9.34. The average Bonchev–Trinajstić information content (AvgIpc) is 2.39. The van der Waals surface area contributed by atoms with Crippen molar-refractivity contribution in [2.75, 3.05) is 0 Å². The fourth-order valence-electron chi connectivity index (χ4n) is 1.45. The summed E-state index contributed by atoms with van der Waals surface area (Å²) in [5.41, 5.74) is 1.51. The fraction of sp³-hybridized carbons (Fsp3) is 0. The van der Waals surface area contributed by atoms with E-state index in [-0.39, 0.29) is 5.75 Å². The molecule has 18 heavy (non-hydrogen) atoms. The molecular formula is C14H9ClN2O. The van der Waals surface area contributed by atoms with Gasteiger partial charge in [-0.25, -0.2) is 0 Å². The lowest BCUT2D eigenvalue weighted by Gasteiger charge is -1.99. The number of benzene rings is 2. The lowest BCUT2D eigenvalue weighted by molar-refractivity contribution is 0.474. The van der Waals surface area contributed by atoms with Crippen LogP contribution in [0.25, 0.3) is 0 Å². The Hall–Kier alpha value is -2.31. The van der Waals surface area contributed by atoms with E-state index >= 15 is 0 Å². The van der Waals surface area contributed by atoms with Crippen molar-refractivity contribution in [3.05, 3.63) is 58.6 Å². The molecule has 0 atom stereocenters. The number of rotatable bonds is 2. The molecule has 0 aliphatic heterocycles. The lowest BCUT2D eigenvalue weighted by Crippen LogP contribution is -1.82. The zero-order valence-corrected chi connectivity index (χ0v) is 10.1. The Bertz CT molecular complexity index is 644. The molecule has 88 valence electrons. The van der Waals surface area contributed by atoms with Crippen molar-refractivity contribution in [2.45, 2.75) is 0 Å². The number of hydrogen-bond donors (Lipinski definition) is 1. The standard InChI is InChI=1S/C14H9ClN2O/c15-12-5-6-13(11(7-12)8-16)17-9-10-3-1-2-4-14(10)18/h1-7,9,18H. The smallest absolute Gasteiger partial charge is 0.124 e. The summed E-state index contributed by atoms with van der Waals surface area (Å²) < 4.78 is 0. The van der Waals surface area contributed by atoms with Crippen molar-refractivity contribution in [3.8, 4) is 11.8 Å². The minimum Gasteiger partial charge on any atom is -0.507 e. The molecule has 0 amide bonds. The van der Waals surface area contributed by atoms with Crippen LogP contribution in [0.1, 0.15) is 11.1 Å². The van der Waals surface area contributed by atoms with E-state index in [2.05, 4.69) is 4.99 Å². The molecule has 0 unspecified atom stereocenters. The number of nitriles is 1. The van der Waals surface area contributed by atoms with Crippen LogP contribution in [0.5, 0.6) is 5.75 Å². The molecule has 0 aliphatic rings. The average molecular weight is 257 g/mol. The highest BCUT2D eigenvalue weighted by atomic mass is 35.5. The van der Waals surface area contributed by atoms with Crippen LogP contribution in [0.3, 0.4) is 0 Å². The van der Waals surface area contributed by atoms with Crippen molar-refractivity contribution in [1.29, 1.82) is 5.26 Å². The number of aliphatic imine (C=N–C) groups is 1. The van der Waals surface area contributed by atoms with Gasteiger partial charge in [-0.1, -0.05) is 23.7 Å². The molecule has 2 aromatic carbocycles. The predicted molar refractivity (Wildman–Crippen MR) is 71.5 cm³/mol. The molecule has 0 fully saturated rings. The topological polar surface area (TPSA) is 56.4 Å². The number of aromatic hydroxyl groups is 1. The zero-order chi connectivity index (χ0) is 13.0. The second-order valence-electron chi connectivity index (χ2n) is 3.59. The first-order chi connectivity index (χ1) is 8.70. The highest BCUT2D eigenvalue weighted by molar-refractivity contribution is 6.30. The molecular weight excluding hydrogens is 248 g/mol. The van der Waals surface area contributed by atoms with Crippen LogP contribution in [0.15, 0.2) is 47.5 Å². The van der Waals surface area contributed by atoms with Gasteiger partial charge < -0.3 is 5.11 Å². The van der Waals surface area contributed by atoms with Gasteiger partial charge in [-0.05, 0) is 30.3 Å². The Morgan fingerprint density at radius 2 is 2.00 bits per heavy atom. The van der Waals surface area contributed by atoms with Crippen LogP contribution in [0.2, 0.25) is 5.02 Å². The minimum atomic E-state index is 0.147. The van der Waals surface area contributed by atoms with Gasteiger partial charge in [0, 0.05) is 16.8 Å². The molecule has 0 aliphatic carbocycles. The SMILES string of the molecule is N#Cc1cc(Cl)ccc1N=Cc1ccccc1O. The van der Waals surface area contributed by atoms with Crippen LogP contribution in [0.4, 0.5) is 5.69 Å². The van der Waals surface area contributed by atoms with E-state index in [1.54, 1.807) is 42.5 Å². The summed E-state index contributed by atoms with van der Waals surface area (Å²) >= 11 is 5.79. The van der Waals surface area contributed by atoms with Gasteiger partial charge in [-0.2, -0.15) is 5.26 Å². The van der Waals surface area contributed by atoms with Crippen LogP contribution < -0.4 is 0 Å². The minimum absolute atomic E-state index is 0.147. The Kier molecular flexibility index (Phi) is 3.61. The monoisotopic (exact) mass is 256 g/mol. The Morgan fingerprint density at radius 3 is 2.72 bits per heavy atom. The first-order valence-electron chi connectivity index (χ1n) is 5.22. The van der Waals surface area contributed by atoms with E-state index in [4.69, 9.17) is 16.9 Å². The van der Waals surface area contributed by atoms with E-state index in [0.717, 1.165) is 0 Å². The quantitative estimate of drug-likeness (QED) is 0.834. The van der Waals surface area contributed by atoms with Gasteiger partial charge in [-0.15, -0.1) is 0 Å². The number of nitrogens with zero attached hydrogens (tertiary/aromatic N) is 2. The van der Waals surface area contributed by atoms with E-state index in [9.17, 15) is 5.11 Å². The van der Waals surface area contributed by atoms with Crippen molar-refractivity contribution in [1.82, 2.24) is 0 Å². The third-order valence-electron chi connectivity index (χ3n) is 2.36. The van der Waals surface area contributed by atoms with Crippen LogP contribution in [-0.2, 0) is 0 Å². The highest BCUT2D eigenvalue weighted by Crippen LogP contribution is 2.23. The highest BCUT2D eigenvalue weighted by Gasteiger charge is 2.01. The van der Waals surface area contributed by atoms with Crippen molar-refractivity contribution >= 4 is 23.5 Å². The van der Waals surface area contributed by atoms with E-state index in [1.807, 2.05) is 6.07 Å². The predicted octanol–water partition coefficient (Wildman–Crippen LogP) is 3.67. The molecule has 3 nitrogen and oxygen atoms in total. The van der Waals surface area contributed by atoms with Gasteiger partial charge in [0.05, 0.1) is 11.3 Å². The second kappa shape index (κ2) is 5.35. The Labute approximate surface area is 110 Å². The van der Waals surface area contributed by atoms with Gasteiger partial charge in [0.15, 0.2) is 0 Å². The molecule has 0 aromatic heterocycles. The Balaban J connectivity index is 2.36. The van der Waals surface area contributed by atoms with Gasteiger partial charge in [0.25, 0.3) is 0 Å². The lowest BCUT2D eigenvalue weighted by atomic mass is 10.2. The maximum atomic E-state index is 9.58. The Morgan fingerprint density at radius 1 is 1.22 bits per heavy atom. The molecule has 4 heteroatoms. The van der Waals surface area contributed by atoms with Crippen molar-refractivity contribution in [2.24, 2.45) is 4.99 Å². The number of halogens is 1. The summed E-state index contributed by atoms with van der Waals surface area (Å²) in [4.78, 5) is 4.18. The van der Waals surface area contributed by atoms with Gasteiger partial charge in [0.2, 0.25) is 0 Å². The molecule has 0 saturated carbocycles. The summed E-state index contributed by atoms with van der Waals surface area (Å²) in [6.07, 6.45) is 1.51. The molecule has 0 spiro atoms. The molecule has 0 bridgehead atoms. The molecule has 0 radical (unpaired) electrons. The fourth-order valence-corrected chi connectivity index (χ4v) is 1.62. The number of phenols is 1. The van der Waals surface area contributed by atoms with E-state index in [0.29, 0.717) is 21.8 Å². The molecule has 0 heterocycles. The summed E-state index contributed by atoms with van der Waals surface area (Å²) in [7, 11) is 0. The summed E-state index contributed by atoms with van der Waals surface area (Å²) in [5.74, 6) is 0.147. The van der Waals surface area contributed by atoms with E-state index in [1.165, 1.54) is 6.21 Å². The summed E-state index contributed by atoms with van der Waals surface area (Å²) in [6.45, 7) is 0. The molecule has 2 aromatic rings. The number of phenolic OH excluding ortho intramolecular Hbond substituents is 1. The number of hydrogen-bond acceptors (Lipinski definition) is 3. The molecule has 1 N–H and O–H groups in total. The van der Waals surface area contributed by atoms with Crippen LogP contribution >= 0.6 is 11.6 Å². The normalized spacial score (nSPS) is 10.4. The van der Waals surface area contributed by atoms with E-state index < -0.39 is 0 Å². The maximum Gasteiger partial charge on any atom is 0.124 e. The van der Waals surface area contributed by atoms with Gasteiger partial charge >= 0.3 is 0 Å². The first-order valence-corrected chi connectivity index (χ1v) is 5.60.